The largest absolute Gasteiger partial charge is 0.497 e. The number of hydrogen-bond acceptors (Lipinski definition) is 4. The molecule has 144 valence electrons. The summed E-state index contributed by atoms with van der Waals surface area (Å²) < 4.78 is 5.12. The number of nitrogens with zero attached hydrogens (tertiary/aromatic N) is 2. The molecule has 0 radical (unpaired) electrons. The first-order chi connectivity index (χ1) is 13.0. The number of nitrogens with one attached hydrogen (secondary N) is 1. The number of methoxy groups -OCH3 is 1. The summed E-state index contributed by atoms with van der Waals surface area (Å²) in [6.07, 6.45) is 0. The van der Waals surface area contributed by atoms with Gasteiger partial charge in [-0.05, 0) is 36.4 Å². The molecule has 0 bridgehead atoms. The Bertz CT molecular complexity index is 745. The third-order valence-corrected chi connectivity index (χ3v) is 4.28. The molecule has 0 aromatic heterocycles. The van der Waals surface area contributed by atoms with Crippen molar-refractivity contribution >= 4 is 17.5 Å². The molecule has 0 aliphatic carbocycles. The van der Waals surface area contributed by atoms with E-state index in [-0.39, 0.29) is 18.4 Å². The van der Waals surface area contributed by atoms with Crippen LogP contribution in [0.5, 0.6) is 5.75 Å². The maximum atomic E-state index is 12.8. The van der Waals surface area contributed by atoms with Crippen molar-refractivity contribution in [1.82, 2.24) is 9.80 Å². The van der Waals surface area contributed by atoms with E-state index in [1.54, 1.807) is 50.4 Å². The zero-order chi connectivity index (χ0) is 19.8. The van der Waals surface area contributed by atoms with Crippen LogP contribution < -0.4 is 10.1 Å². The van der Waals surface area contributed by atoms with Crippen molar-refractivity contribution in [2.75, 3.05) is 39.6 Å². The molecule has 2 aromatic rings. The predicted octanol–water partition coefficient (Wildman–Crippen LogP) is 2.79. The maximum Gasteiger partial charge on any atom is 0.244 e. The molecule has 0 unspecified atom stereocenters. The molecule has 0 heterocycles. The Morgan fingerprint density at radius 3 is 2.19 bits per heavy atom. The molecular weight excluding hydrogens is 342 g/mol. The number of likely N-dealkylation sites (N-methyl/N-ethyl adjacent to an activating group) is 2. The lowest BCUT2D eigenvalue weighted by Gasteiger charge is -2.31. The molecule has 1 atom stereocenters. The van der Waals surface area contributed by atoms with Gasteiger partial charge in [0, 0.05) is 19.8 Å². The van der Waals surface area contributed by atoms with Crippen LogP contribution >= 0.6 is 0 Å². The molecule has 2 rings (SSSR count). The summed E-state index contributed by atoms with van der Waals surface area (Å²) in [6.45, 7) is 2.62. The van der Waals surface area contributed by atoms with Crippen LogP contribution in [-0.4, -0.2) is 55.9 Å². The highest BCUT2D eigenvalue weighted by Gasteiger charge is 2.29. The minimum absolute atomic E-state index is 0.0553. The lowest BCUT2D eigenvalue weighted by molar-refractivity contribution is -0.135. The second-order valence-electron chi connectivity index (χ2n) is 6.39. The van der Waals surface area contributed by atoms with Crippen molar-refractivity contribution < 1.29 is 14.3 Å². The van der Waals surface area contributed by atoms with Crippen LogP contribution in [0.4, 0.5) is 5.69 Å². The van der Waals surface area contributed by atoms with Crippen LogP contribution in [0.2, 0.25) is 0 Å². The zero-order valence-corrected chi connectivity index (χ0v) is 16.3. The van der Waals surface area contributed by atoms with Gasteiger partial charge in [-0.25, -0.2) is 0 Å². The highest BCUT2D eigenvalue weighted by molar-refractivity contribution is 5.93. The van der Waals surface area contributed by atoms with Gasteiger partial charge in [-0.2, -0.15) is 0 Å². The highest BCUT2D eigenvalue weighted by Crippen LogP contribution is 2.23. The smallest absolute Gasteiger partial charge is 0.244 e. The Morgan fingerprint density at radius 2 is 1.67 bits per heavy atom. The van der Waals surface area contributed by atoms with E-state index < -0.39 is 6.04 Å². The molecule has 0 saturated heterocycles. The van der Waals surface area contributed by atoms with E-state index in [1.807, 2.05) is 42.2 Å². The van der Waals surface area contributed by atoms with Gasteiger partial charge >= 0.3 is 0 Å². The number of carbonyl (C=O) groups excluding carboxylic acids is 2. The normalized spacial score (nSPS) is 11.7. The Hall–Kier alpha value is -2.86. The van der Waals surface area contributed by atoms with Crippen molar-refractivity contribution in [3.63, 3.8) is 0 Å². The van der Waals surface area contributed by atoms with E-state index in [0.717, 1.165) is 11.3 Å². The number of ether oxygens (including phenoxy) is 1. The van der Waals surface area contributed by atoms with Gasteiger partial charge in [0.15, 0.2) is 0 Å². The summed E-state index contributed by atoms with van der Waals surface area (Å²) in [5.74, 6) is 0.499. The molecule has 2 amide bonds. The first-order valence-electron chi connectivity index (χ1n) is 8.90. The van der Waals surface area contributed by atoms with Gasteiger partial charge < -0.3 is 15.0 Å². The number of amides is 2. The van der Waals surface area contributed by atoms with Crippen molar-refractivity contribution in [1.29, 1.82) is 0 Å². The van der Waals surface area contributed by atoms with Gasteiger partial charge in [0.25, 0.3) is 0 Å². The Labute approximate surface area is 160 Å². The quantitative estimate of drug-likeness (QED) is 0.777. The summed E-state index contributed by atoms with van der Waals surface area (Å²) >= 11 is 0. The SMILES string of the molecule is CCN(CC(=O)Nc1ccc(OC)cc1)[C@H](C(=O)N(C)C)c1ccccc1. The van der Waals surface area contributed by atoms with Gasteiger partial charge in [-0.3, -0.25) is 14.5 Å². The number of anilines is 1. The fourth-order valence-electron chi connectivity index (χ4n) is 2.83. The van der Waals surface area contributed by atoms with Crippen LogP contribution in [-0.2, 0) is 9.59 Å². The molecule has 0 fully saturated rings. The fourth-order valence-corrected chi connectivity index (χ4v) is 2.83. The van der Waals surface area contributed by atoms with Crippen molar-refractivity contribution in [3.8, 4) is 5.75 Å². The number of rotatable bonds is 8. The molecule has 0 aliphatic heterocycles. The monoisotopic (exact) mass is 369 g/mol. The average molecular weight is 369 g/mol. The van der Waals surface area contributed by atoms with Gasteiger partial charge in [0.2, 0.25) is 11.8 Å². The van der Waals surface area contributed by atoms with Crippen molar-refractivity contribution in [3.05, 3.63) is 60.2 Å². The summed E-state index contributed by atoms with van der Waals surface area (Å²) in [5.41, 5.74) is 1.56. The van der Waals surface area contributed by atoms with E-state index in [1.165, 1.54) is 0 Å². The third-order valence-electron chi connectivity index (χ3n) is 4.28. The van der Waals surface area contributed by atoms with Crippen LogP contribution in [0.3, 0.4) is 0 Å². The maximum absolute atomic E-state index is 12.8. The summed E-state index contributed by atoms with van der Waals surface area (Å²) in [4.78, 5) is 28.8. The van der Waals surface area contributed by atoms with Crippen LogP contribution in [0.15, 0.2) is 54.6 Å². The van der Waals surface area contributed by atoms with E-state index >= 15 is 0 Å². The van der Waals surface area contributed by atoms with E-state index in [9.17, 15) is 9.59 Å². The number of hydrogen-bond donors (Lipinski definition) is 1. The Kier molecular flexibility index (Phi) is 7.37. The molecule has 1 N–H and O–H groups in total. The van der Waals surface area contributed by atoms with Crippen molar-refractivity contribution in [2.45, 2.75) is 13.0 Å². The van der Waals surface area contributed by atoms with Crippen LogP contribution in [0.1, 0.15) is 18.5 Å². The van der Waals surface area contributed by atoms with Gasteiger partial charge in [0.05, 0.1) is 13.7 Å². The number of carbonyl (C=O) groups is 2. The summed E-state index contributed by atoms with van der Waals surface area (Å²) in [6, 6.07) is 16.2. The van der Waals surface area contributed by atoms with E-state index in [2.05, 4.69) is 5.32 Å². The topological polar surface area (TPSA) is 61.9 Å². The second-order valence-corrected chi connectivity index (χ2v) is 6.39. The average Bonchev–Trinajstić information content (AvgIpc) is 2.68. The molecule has 0 saturated carbocycles. The second kappa shape index (κ2) is 9.73. The summed E-state index contributed by atoms with van der Waals surface area (Å²) in [7, 11) is 5.05. The van der Waals surface area contributed by atoms with Crippen molar-refractivity contribution in [2.24, 2.45) is 0 Å². The minimum Gasteiger partial charge on any atom is -0.497 e. The molecule has 6 nitrogen and oxygen atoms in total. The molecule has 2 aromatic carbocycles. The van der Waals surface area contributed by atoms with E-state index in [0.29, 0.717) is 12.2 Å². The van der Waals surface area contributed by atoms with Gasteiger partial charge in [-0.15, -0.1) is 0 Å². The summed E-state index contributed by atoms with van der Waals surface area (Å²) in [5, 5.41) is 2.87. The number of benzene rings is 2. The minimum atomic E-state index is -0.507. The standard InChI is InChI=1S/C21H27N3O3/c1-5-24(15-19(25)22-17-11-13-18(27-4)14-12-17)20(21(26)23(2)3)16-9-7-6-8-10-16/h6-14,20H,5,15H2,1-4H3,(H,22,25)/t20-/m0/s1. The zero-order valence-electron chi connectivity index (χ0n) is 16.3. The molecule has 27 heavy (non-hydrogen) atoms. The van der Waals surface area contributed by atoms with Crippen LogP contribution in [0, 0.1) is 0 Å². The lowest BCUT2D eigenvalue weighted by Crippen LogP contribution is -2.43. The molecule has 6 heteroatoms. The molecule has 0 spiro atoms. The first-order valence-corrected chi connectivity index (χ1v) is 8.90. The molecular formula is C21H27N3O3. The van der Waals surface area contributed by atoms with Gasteiger partial charge in [0.1, 0.15) is 11.8 Å². The highest BCUT2D eigenvalue weighted by atomic mass is 16.5. The first kappa shape index (κ1) is 20.5. The fraction of sp³-hybridized carbons (Fsp3) is 0.333. The predicted molar refractivity (Wildman–Crippen MR) is 107 cm³/mol. The van der Waals surface area contributed by atoms with Crippen LogP contribution in [0.25, 0.3) is 0 Å². The Morgan fingerprint density at radius 1 is 1.04 bits per heavy atom. The molecule has 0 aliphatic rings. The van der Waals surface area contributed by atoms with Gasteiger partial charge in [-0.1, -0.05) is 37.3 Å². The van der Waals surface area contributed by atoms with E-state index in [4.69, 9.17) is 4.74 Å². The Balaban J connectivity index is 2.15. The lowest BCUT2D eigenvalue weighted by atomic mass is 10.0. The third kappa shape index (κ3) is 5.56.